The summed E-state index contributed by atoms with van der Waals surface area (Å²) in [6, 6.07) is 10.7. The second-order valence-corrected chi connectivity index (χ2v) is 6.93. The molecule has 0 spiro atoms. The van der Waals surface area contributed by atoms with Gasteiger partial charge in [0.25, 0.3) is 5.69 Å². The van der Waals surface area contributed by atoms with Crippen LogP contribution in [0, 0.1) is 10.1 Å². The number of nitro groups is 1. The summed E-state index contributed by atoms with van der Waals surface area (Å²) < 4.78 is 2.02. The number of nitro benzene ring substituents is 1. The summed E-state index contributed by atoms with van der Waals surface area (Å²) in [4.78, 5) is 22.2. The number of anilines is 1. The van der Waals surface area contributed by atoms with E-state index in [0.29, 0.717) is 11.9 Å². The van der Waals surface area contributed by atoms with Crippen molar-refractivity contribution in [2.75, 3.05) is 18.0 Å². The molecule has 1 aliphatic heterocycles. The summed E-state index contributed by atoms with van der Waals surface area (Å²) in [7, 11) is 0. The predicted molar refractivity (Wildman–Crippen MR) is 106 cm³/mol. The zero-order valence-corrected chi connectivity index (χ0v) is 15.7. The fourth-order valence-electron chi connectivity index (χ4n) is 3.56. The molecular weight excluding hydrogens is 356 g/mol. The third-order valence-electron chi connectivity index (χ3n) is 5.08. The Hall–Kier alpha value is -3.29. The van der Waals surface area contributed by atoms with E-state index >= 15 is 0 Å². The third-order valence-corrected chi connectivity index (χ3v) is 5.08. The lowest BCUT2D eigenvalue weighted by atomic mass is 10.1. The van der Waals surface area contributed by atoms with Crippen LogP contribution < -0.4 is 4.90 Å². The summed E-state index contributed by atoms with van der Waals surface area (Å²) >= 11 is 0. The van der Waals surface area contributed by atoms with Crippen LogP contribution in [-0.2, 0) is 6.42 Å². The maximum Gasteiger partial charge on any atom is 0.269 e. The second-order valence-electron chi connectivity index (χ2n) is 6.93. The highest BCUT2D eigenvalue weighted by atomic mass is 16.6. The molecule has 1 fully saturated rings. The Morgan fingerprint density at radius 3 is 2.75 bits per heavy atom. The van der Waals surface area contributed by atoms with Crippen molar-refractivity contribution in [1.82, 2.24) is 19.7 Å². The minimum Gasteiger partial charge on any atom is -0.354 e. The maximum absolute atomic E-state index is 10.9. The van der Waals surface area contributed by atoms with E-state index in [1.165, 1.54) is 12.1 Å². The van der Waals surface area contributed by atoms with Crippen LogP contribution in [0.1, 0.15) is 31.5 Å². The molecule has 1 saturated heterocycles. The van der Waals surface area contributed by atoms with Gasteiger partial charge in [-0.15, -0.1) is 0 Å². The van der Waals surface area contributed by atoms with Crippen molar-refractivity contribution in [2.45, 2.75) is 32.2 Å². The Morgan fingerprint density at radius 1 is 1.25 bits per heavy atom. The largest absolute Gasteiger partial charge is 0.354 e. The Labute approximate surface area is 163 Å². The number of rotatable bonds is 5. The first-order valence-electron chi connectivity index (χ1n) is 9.51. The molecule has 28 heavy (non-hydrogen) atoms. The molecule has 0 radical (unpaired) electrons. The molecule has 4 rings (SSSR count). The standard InChI is InChI=1S/C20H22N6O2/c1-2-16-13-19(24-11-3-5-18(14-24)25-12-4-10-21-25)23-20(22-16)15-6-8-17(9-7-15)26(27)28/h4,6-10,12-13,18H,2-3,5,11,14H2,1H3. The second kappa shape index (κ2) is 7.75. The van der Waals surface area contributed by atoms with Gasteiger partial charge in [0, 0.05) is 54.9 Å². The molecule has 8 heteroatoms. The van der Waals surface area contributed by atoms with Gasteiger partial charge in [0.15, 0.2) is 5.82 Å². The van der Waals surface area contributed by atoms with E-state index in [0.717, 1.165) is 49.4 Å². The highest BCUT2D eigenvalue weighted by molar-refractivity contribution is 5.60. The predicted octanol–water partition coefficient (Wildman–Crippen LogP) is 3.65. The van der Waals surface area contributed by atoms with E-state index in [1.54, 1.807) is 12.1 Å². The van der Waals surface area contributed by atoms with E-state index in [9.17, 15) is 10.1 Å². The van der Waals surface area contributed by atoms with Crippen LogP contribution >= 0.6 is 0 Å². The molecule has 0 aliphatic carbocycles. The van der Waals surface area contributed by atoms with Crippen molar-refractivity contribution in [1.29, 1.82) is 0 Å². The quantitative estimate of drug-likeness (QED) is 0.497. The first-order chi connectivity index (χ1) is 13.6. The third kappa shape index (κ3) is 3.71. The number of piperidine rings is 1. The fraction of sp³-hybridized carbons (Fsp3) is 0.350. The first-order valence-corrected chi connectivity index (χ1v) is 9.51. The van der Waals surface area contributed by atoms with Gasteiger partial charge in [-0.1, -0.05) is 6.92 Å². The average molecular weight is 378 g/mol. The molecule has 0 bridgehead atoms. The summed E-state index contributed by atoms with van der Waals surface area (Å²) in [6.45, 7) is 3.85. The van der Waals surface area contributed by atoms with Crippen LogP contribution in [0.4, 0.5) is 11.5 Å². The topological polar surface area (TPSA) is 90.0 Å². The summed E-state index contributed by atoms with van der Waals surface area (Å²) in [6.07, 6.45) is 6.79. The van der Waals surface area contributed by atoms with Gasteiger partial charge in [-0.05, 0) is 37.5 Å². The Balaban J connectivity index is 1.64. The van der Waals surface area contributed by atoms with Gasteiger partial charge in [-0.2, -0.15) is 5.10 Å². The molecule has 8 nitrogen and oxygen atoms in total. The van der Waals surface area contributed by atoms with E-state index in [2.05, 4.69) is 21.9 Å². The molecule has 144 valence electrons. The minimum atomic E-state index is -0.401. The molecule has 1 aliphatic rings. The van der Waals surface area contributed by atoms with Gasteiger partial charge >= 0.3 is 0 Å². The first kappa shape index (κ1) is 18.1. The molecule has 3 aromatic rings. The highest BCUT2D eigenvalue weighted by Gasteiger charge is 2.23. The molecule has 0 amide bonds. The van der Waals surface area contributed by atoms with Crippen LogP contribution in [0.25, 0.3) is 11.4 Å². The van der Waals surface area contributed by atoms with Gasteiger partial charge in [0.05, 0.1) is 11.0 Å². The van der Waals surface area contributed by atoms with Crippen molar-refractivity contribution in [3.63, 3.8) is 0 Å². The lowest BCUT2D eigenvalue weighted by Gasteiger charge is -2.34. The number of hydrogen-bond acceptors (Lipinski definition) is 6. The van der Waals surface area contributed by atoms with Crippen molar-refractivity contribution < 1.29 is 4.92 Å². The normalized spacial score (nSPS) is 16.9. The van der Waals surface area contributed by atoms with E-state index in [4.69, 9.17) is 4.98 Å². The molecule has 3 heterocycles. The monoisotopic (exact) mass is 378 g/mol. The van der Waals surface area contributed by atoms with Gasteiger partial charge in [-0.25, -0.2) is 9.97 Å². The molecular formula is C20H22N6O2. The van der Waals surface area contributed by atoms with E-state index < -0.39 is 4.92 Å². The number of benzene rings is 1. The zero-order chi connectivity index (χ0) is 19.5. The minimum absolute atomic E-state index is 0.0636. The number of aryl methyl sites for hydroxylation is 1. The van der Waals surface area contributed by atoms with Gasteiger partial charge in [0.2, 0.25) is 0 Å². The lowest BCUT2D eigenvalue weighted by Crippen LogP contribution is -2.37. The molecule has 1 atom stereocenters. The van der Waals surface area contributed by atoms with Crippen LogP contribution in [0.15, 0.2) is 48.8 Å². The van der Waals surface area contributed by atoms with Crippen molar-refractivity contribution in [3.8, 4) is 11.4 Å². The number of hydrogen-bond donors (Lipinski definition) is 0. The Kier molecular flexibility index (Phi) is 5.01. The fourth-order valence-corrected chi connectivity index (χ4v) is 3.56. The molecule has 2 aromatic heterocycles. The van der Waals surface area contributed by atoms with Crippen LogP contribution in [0.5, 0.6) is 0 Å². The summed E-state index contributed by atoms with van der Waals surface area (Å²) in [5.41, 5.74) is 1.80. The summed E-state index contributed by atoms with van der Waals surface area (Å²) in [5.74, 6) is 1.50. The number of non-ortho nitro benzene ring substituents is 1. The maximum atomic E-state index is 10.9. The summed E-state index contributed by atoms with van der Waals surface area (Å²) in [5, 5.41) is 15.3. The average Bonchev–Trinajstić information content (AvgIpc) is 3.28. The molecule has 1 unspecified atom stereocenters. The van der Waals surface area contributed by atoms with E-state index in [1.807, 2.05) is 29.2 Å². The van der Waals surface area contributed by atoms with Crippen molar-refractivity contribution in [2.24, 2.45) is 0 Å². The van der Waals surface area contributed by atoms with E-state index in [-0.39, 0.29) is 5.69 Å². The molecule has 1 aromatic carbocycles. The van der Waals surface area contributed by atoms with Gasteiger partial charge < -0.3 is 4.90 Å². The Bertz CT molecular complexity index is 955. The zero-order valence-electron chi connectivity index (χ0n) is 15.7. The molecule has 0 saturated carbocycles. The smallest absolute Gasteiger partial charge is 0.269 e. The Morgan fingerprint density at radius 2 is 2.07 bits per heavy atom. The van der Waals surface area contributed by atoms with Crippen molar-refractivity contribution in [3.05, 3.63) is 64.6 Å². The number of aromatic nitrogens is 4. The van der Waals surface area contributed by atoms with Gasteiger partial charge in [-0.3, -0.25) is 14.8 Å². The molecule has 0 N–H and O–H groups in total. The SMILES string of the molecule is CCc1cc(N2CCCC(n3cccn3)C2)nc(-c2ccc([N+](=O)[O-])cc2)n1. The van der Waals surface area contributed by atoms with Crippen molar-refractivity contribution >= 4 is 11.5 Å². The van der Waals surface area contributed by atoms with Gasteiger partial charge in [0.1, 0.15) is 5.82 Å². The lowest BCUT2D eigenvalue weighted by molar-refractivity contribution is -0.384. The van der Waals surface area contributed by atoms with Crippen LogP contribution in [0.3, 0.4) is 0 Å². The number of nitrogens with zero attached hydrogens (tertiary/aromatic N) is 6. The van der Waals surface area contributed by atoms with Crippen LogP contribution in [0.2, 0.25) is 0 Å². The van der Waals surface area contributed by atoms with Crippen LogP contribution in [-0.4, -0.2) is 37.8 Å². The highest BCUT2D eigenvalue weighted by Crippen LogP contribution is 2.27.